The van der Waals surface area contributed by atoms with E-state index in [4.69, 9.17) is 16.3 Å². The van der Waals surface area contributed by atoms with Crippen molar-refractivity contribution < 1.29 is 9.53 Å². The third-order valence-electron chi connectivity index (χ3n) is 5.34. The third-order valence-corrected chi connectivity index (χ3v) is 5.55. The van der Waals surface area contributed by atoms with Crippen molar-refractivity contribution in [3.63, 3.8) is 0 Å². The predicted molar refractivity (Wildman–Crippen MR) is 129 cm³/mol. The highest BCUT2D eigenvalue weighted by molar-refractivity contribution is 6.30. The molecule has 0 aliphatic carbocycles. The van der Waals surface area contributed by atoms with Crippen molar-refractivity contribution in [2.75, 3.05) is 6.61 Å². The van der Waals surface area contributed by atoms with E-state index in [0.717, 1.165) is 16.7 Å². The van der Waals surface area contributed by atoms with E-state index >= 15 is 0 Å². The van der Waals surface area contributed by atoms with Gasteiger partial charge in [0.25, 0.3) is 11.5 Å². The van der Waals surface area contributed by atoms with E-state index in [1.807, 2.05) is 50.2 Å². The van der Waals surface area contributed by atoms with Crippen LogP contribution in [0.5, 0.6) is 5.75 Å². The summed E-state index contributed by atoms with van der Waals surface area (Å²) < 4.78 is 5.89. The standard InChI is InChI=1S/C26H24ClN3O3/c1-17-12-20(27)13-18(2)25(17)33-16-24(31)30(14-19-8-4-3-5-9-19)15-23-28-22-11-7-6-10-21(22)26(32)29-23/h3-13H,14-16H2,1-2H3,(H,28,29,32). The summed E-state index contributed by atoms with van der Waals surface area (Å²) in [6.07, 6.45) is 0. The molecule has 7 heteroatoms. The van der Waals surface area contributed by atoms with Gasteiger partial charge in [-0.15, -0.1) is 0 Å². The van der Waals surface area contributed by atoms with Crippen LogP contribution in [0.2, 0.25) is 5.02 Å². The molecule has 0 radical (unpaired) electrons. The molecule has 168 valence electrons. The zero-order valence-corrected chi connectivity index (χ0v) is 19.2. The second kappa shape index (κ2) is 9.88. The Morgan fingerprint density at radius 3 is 2.39 bits per heavy atom. The number of H-pyrrole nitrogens is 1. The number of rotatable bonds is 7. The van der Waals surface area contributed by atoms with Crippen molar-refractivity contribution in [1.29, 1.82) is 0 Å². The number of halogens is 1. The molecule has 6 nitrogen and oxygen atoms in total. The summed E-state index contributed by atoms with van der Waals surface area (Å²) in [7, 11) is 0. The Kier molecular flexibility index (Phi) is 6.75. The number of carbonyl (C=O) groups is 1. The first-order chi connectivity index (χ1) is 15.9. The fraction of sp³-hybridized carbons (Fsp3) is 0.192. The molecule has 0 saturated carbocycles. The van der Waals surface area contributed by atoms with Crippen LogP contribution in [-0.2, 0) is 17.9 Å². The first-order valence-electron chi connectivity index (χ1n) is 10.6. The predicted octanol–water partition coefficient (Wildman–Crippen LogP) is 4.80. The number of carbonyl (C=O) groups excluding carboxylic acids is 1. The maximum atomic E-state index is 13.2. The average molecular weight is 462 g/mol. The zero-order chi connectivity index (χ0) is 23.4. The number of amides is 1. The Bertz CT molecular complexity index is 1330. The van der Waals surface area contributed by atoms with Crippen LogP contribution in [-0.4, -0.2) is 27.4 Å². The van der Waals surface area contributed by atoms with Gasteiger partial charge in [-0.05, 0) is 54.8 Å². The minimum atomic E-state index is -0.230. The van der Waals surface area contributed by atoms with Gasteiger partial charge in [-0.2, -0.15) is 0 Å². The fourth-order valence-electron chi connectivity index (χ4n) is 3.78. The van der Waals surface area contributed by atoms with E-state index in [0.29, 0.717) is 34.0 Å². The van der Waals surface area contributed by atoms with Crippen LogP contribution in [0, 0.1) is 13.8 Å². The monoisotopic (exact) mass is 461 g/mol. The van der Waals surface area contributed by atoms with E-state index in [1.165, 1.54) is 0 Å². The molecule has 33 heavy (non-hydrogen) atoms. The number of hydrogen-bond acceptors (Lipinski definition) is 4. The van der Waals surface area contributed by atoms with E-state index in [-0.39, 0.29) is 24.6 Å². The molecule has 3 aromatic carbocycles. The molecule has 0 aliphatic heterocycles. The molecule has 1 amide bonds. The Balaban J connectivity index is 1.58. The highest BCUT2D eigenvalue weighted by atomic mass is 35.5. The Morgan fingerprint density at radius 2 is 1.67 bits per heavy atom. The molecule has 0 unspecified atom stereocenters. The smallest absolute Gasteiger partial charge is 0.261 e. The lowest BCUT2D eigenvalue weighted by Gasteiger charge is -2.23. The van der Waals surface area contributed by atoms with Gasteiger partial charge < -0.3 is 14.6 Å². The van der Waals surface area contributed by atoms with E-state index < -0.39 is 0 Å². The van der Waals surface area contributed by atoms with Crippen LogP contribution in [0.15, 0.2) is 71.5 Å². The van der Waals surface area contributed by atoms with Gasteiger partial charge >= 0.3 is 0 Å². The number of ether oxygens (including phenoxy) is 1. The van der Waals surface area contributed by atoms with Crippen molar-refractivity contribution in [2.24, 2.45) is 0 Å². The number of nitrogens with one attached hydrogen (secondary N) is 1. The average Bonchev–Trinajstić information content (AvgIpc) is 2.78. The van der Waals surface area contributed by atoms with Gasteiger partial charge in [0.2, 0.25) is 0 Å². The number of aromatic amines is 1. The molecule has 0 saturated heterocycles. The summed E-state index contributed by atoms with van der Waals surface area (Å²) in [6.45, 7) is 4.15. The highest BCUT2D eigenvalue weighted by Crippen LogP contribution is 2.27. The van der Waals surface area contributed by atoms with Gasteiger partial charge in [-0.25, -0.2) is 4.98 Å². The highest BCUT2D eigenvalue weighted by Gasteiger charge is 2.18. The molecule has 0 bridgehead atoms. The van der Waals surface area contributed by atoms with Crippen LogP contribution in [0.1, 0.15) is 22.5 Å². The Hall–Kier alpha value is -3.64. The van der Waals surface area contributed by atoms with Gasteiger partial charge in [-0.1, -0.05) is 54.1 Å². The minimum Gasteiger partial charge on any atom is -0.483 e. The fourth-order valence-corrected chi connectivity index (χ4v) is 4.10. The van der Waals surface area contributed by atoms with Crippen LogP contribution < -0.4 is 10.3 Å². The van der Waals surface area contributed by atoms with Crippen LogP contribution in [0.4, 0.5) is 0 Å². The molecule has 1 aromatic heterocycles. The molecular weight excluding hydrogens is 438 g/mol. The first kappa shape index (κ1) is 22.6. The topological polar surface area (TPSA) is 75.3 Å². The lowest BCUT2D eigenvalue weighted by atomic mass is 10.1. The van der Waals surface area contributed by atoms with E-state index in [1.54, 1.807) is 35.2 Å². The number of aromatic nitrogens is 2. The van der Waals surface area contributed by atoms with Gasteiger partial charge in [0.05, 0.1) is 17.4 Å². The van der Waals surface area contributed by atoms with Gasteiger partial charge in [0.15, 0.2) is 6.61 Å². The van der Waals surface area contributed by atoms with Gasteiger partial charge in [0.1, 0.15) is 11.6 Å². The van der Waals surface area contributed by atoms with Crippen LogP contribution >= 0.6 is 11.6 Å². The second-order valence-electron chi connectivity index (χ2n) is 7.92. The lowest BCUT2D eigenvalue weighted by Crippen LogP contribution is -2.35. The molecule has 0 atom stereocenters. The third kappa shape index (κ3) is 5.41. The van der Waals surface area contributed by atoms with Crippen LogP contribution in [0.3, 0.4) is 0 Å². The summed E-state index contributed by atoms with van der Waals surface area (Å²) in [6, 6.07) is 20.4. The number of para-hydroxylation sites is 1. The van der Waals surface area contributed by atoms with Gasteiger partial charge in [-0.3, -0.25) is 9.59 Å². The lowest BCUT2D eigenvalue weighted by molar-refractivity contribution is -0.134. The summed E-state index contributed by atoms with van der Waals surface area (Å²) in [5.74, 6) is 0.842. The molecular formula is C26H24ClN3O3. The number of hydrogen-bond donors (Lipinski definition) is 1. The number of fused-ring (bicyclic) bond motifs is 1. The maximum absolute atomic E-state index is 13.2. The van der Waals surface area contributed by atoms with Crippen molar-refractivity contribution in [2.45, 2.75) is 26.9 Å². The minimum absolute atomic E-state index is 0.145. The van der Waals surface area contributed by atoms with Gasteiger partial charge in [0, 0.05) is 11.6 Å². The summed E-state index contributed by atoms with van der Waals surface area (Å²) in [4.78, 5) is 34.7. The van der Waals surface area contributed by atoms with Crippen molar-refractivity contribution in [1.82, 2.24) is 14.9 Å². The quantitative estimate of drug-likeness (QED) is 0.429. The SMILES string of the molecule is Cc1cc(Cl)cc(C)c1OCC(=O)N(Cc1ccccc1)Cc1nc2ccccc2c(=O)[nH]1. The summed E-state index contributed by atoms with van der Waals surface area (Å²) in [5, 5.41) is 1.14. The van der Waals surface area contributed by atoms with Crippen molar-refractivity contribution in [3.05, 3.63) is 105 Å². The molecule has 0 spiro atoms. The number of aryl methyl sites for hydroxylation is 2. The van der Waals surface area contributed by atoms with Crippen LogP contribution in [0.25, 0.3) is 10.9 Å². The van der Waals surface area contributed by atoms with E-state index in [2.05, 4.69) is 9.97 Å². The summed E-state index contributed by atoms with van der Waals surface area (Å²) >= 11 is 6.10. The number of benzene rings is 3. The Labute approximate surface area is 196 Å². The molecule has 0 fully saturated rings. The molecule has 4 aromatic rings. The normalized spacial score (nSPS) is 10.9. The Morgan fingerprint density at radius 1 is 1.00 bits per heavy atom. The molecule has 0 aliphatic rings. The largest absolute Gasteiger partial charge is 0.483 e. The zero-order valence-electron chi connectivity index (χ0n) is 18.5. The van der Waals surface area contributed by atoms with Crippen molar-refractivity contribution >= 4 is 28.4 Å². The first-order valence-corrected chi connectivity index (χ1v) is 11.0. The van der Waals surface area contributed by atoms with Crippen molar-refractivity contribution in [3.8, 4) is 5.75 Å². The second-order valence-corrected chi connectivity index (χ2v) is 8.36. The summed E-state index contributed by atoms with van der Waals surface area (Å²) in [5.41, 5.74) is 3.05. The molecule has 1 N–H and O–H groups in total. The molecule has 1 heterocycles. The number of nitrogens with zero attached hydrogens (tertiary/aromatic N) is 2. The van der Waals surface area contributed by atoms with E-state index in [9.17, 15) is 9.59 Å². The molecule has 4 rings (SSSR count). The maximum Gasteiger partial charge on any atom is 0.261 e.